The van der Waals surface area contributed by atoms with Crippen molar-refractivity contribution in [1.82, 2.24) is 5.32 Å². The van der Waals surface area contributed by atoms with Crippen LogP contribution in [0.3, 0.4) is 0 Å². The van der Waals surface area contributed by atoms with E-state index in [0.717, 1.165) is 16.2 Å². The summed E-state index contributed by atoms with van der Waals surface area (Å²) in [5.41, 5.74) is 1.62. The minimum Gasteiger partial charge on any atom is -0.497 e. The Labute approximate surface area is 142 Å². The number of halogens is 1. The van der Waals surface area contributed by atoms with Crippen LogP contribution in [0.5, 0.6) is 5.75 Å². The predicted octanol–water partition coefficient (Wildman–Crippen LogP) is 1.55. The molecule has 0 aliphatic heterocycles. The number of methoxy groups -OCH3 is 1. The topological polar surface area (TPSA) is 42.8 Å². The average molecular weight is 331 g/mol. The molecule has 0 spiro atoms. The number of benzene rings is 2. The lowest BCUT2D eigenvalue weighted by Gasteiger charge is -2.21. The van der Waals surface area contributed by atoms with Crippen LogP contribution in [0, 0.1) is 5.82 Å². The summed E-state index contributed by atoms with van der Waals surface area (Å²) in [6.07, 6.45) is 0. The number of quaternary nitrogens is 1. The summed E-state index contributed by atoms with van der Waals surface area (Å²) in [6.45, 7) is 2.77. The summed E-state index contributed by atoms with van der Waals surface area (Å²) in [4.78, 5) is 13.2. The first-order chi connectivity index (χ1) is 11.5. The van der Waals surface area contributed by atoms with Crippen LogP contribution in [-0.2, 0) is 17.9 Å². The number of carbonyl (C=O) groups excluding carboxylic acids is 1. The number of hydrogen-bond donors (Lipinski definition) is 2. The van der Waals surface area contributed by atoms with Crippen molar-refractivity contribution in [3.8, 4) is 5.75 Å². The van der Waals surface area contributed by atoms with Gasteiger partial charge in [0.2, 0.25) is 0 Å². The van der Waals surface area contributed by atoms with Gasteiger partial charge in [0.1, 0.15) is 18.1 Å². The first-order valence-corrected chi connectivity index (χ1v) is 7.97. The van der Waals surface area contributed by atoms with E-state index in [4.69, 9.17) is 4.74 Å². The van der Waals surface area contributed by atoms with Crippen molar-refractivity contribution >= 4 is 5.91 Å². The molecule has 0 aromatic heterocycles. The molecule has 0 radical (unpaired) electrons. The van der Waals surface area contributed by atoms with E-state index in [0.29, 0.717) is 18.7 Å². The molecular formula is C19H24FN2O2+. The Hall–Kier alpha value is -2.40. The summed E-state index contributed by atoms with van der Waals surface area (Å²) < 4.78 is 18.8. The fourth-order valence-corrected chi connectivity index (χ4v) is 2.40. The van der Waals surface area contributed by atoms with Gasteiger partial charge in [-0.1, -0.05) is 30.3 Å². The van der Waals surface area contributed by atoms with Crippen LogP contribution in [-0.4, -0.2) is 26.1 Å². The molecule has 0 heterocycles. The number of amides is 1. The van der Waals surface area contributed by atoms with E-state index >= 15 is 0 Å². The van der Waals surface area contributed by atoms with Gasteiger partial charge in [-0.3, -0.25) is 4.79 Å². The van der Waals surface area contributed by atoms with Crippen molar-refractivity contribution in [3.05, 3.63) is 65.5 Å². The highest BCUT2D eigenvalue weighted by atomic mass is 19.1. The average Bonchev–Trinajstić information content (AvgIpc) is 2.61. The van der Waals surface area contributed by atoms with E-state index in [1.54, 1.807) is 25.3 Å². The van der Waals surface area contributed by atoms with Crippen LogP contribution in [0.1, 0.15) is 18.1 Å². The third-order valence-corrected chi connectivity index (χ3v) is 4.19. The monoisotopic (exact) mass is 331 g/mol. The molecule has 0 aliphatic carbocycles. The second-order valence-corrected chi connectivity index (χ2v) is 5.90. The van der Waals surface area contributed by atoms with Crippen molar-refractivity contribution in [1.29, 1.82) is 0 Å². The van der Waals surface area contributed by atoms with Crippen LogP contribution in [0.4, 0.5) is 4.39 Å². The lowest BCUT2D eigenvalue weighted by molar-refractivity contribution is -0.908. The maximum absolute atomic E-state index is 13.7. The van der Waals surface area contributed by atoms with Crippen LogP contribution < -0.4 is 15.0 Å². The largest absolute Gasteiger partial charge is 0.497 e. The quantitative estimate of drug-likeness (QED) is 0.808. The van der Waals surface area contributed by atoms with Crippen molar-refractivity contribution in [2.24, 2.45) is 0 Å². The fraction of sp³-hybridized carbons (Fsp3) is 0.316. The molecule has 0 saturated carbocycles. The molecule has 0 saturated heterocycles. The van der Waals surface area contributed by atoms with Gasteiger partial charge in [-0.05, 0) is 30.7 Å². The molecule has 2 atom stereocenters. The molecule has 4 nitrogen and oxygen atoms in total. The number of likely N-dealkylation sites (N-methyl/N-ethyl adjacent to an activating group) is 1. The molecule has 24 heavy (non-hydrogen) atoms. The van der Waals surface area contributed by atoms with Crippen molar-refractivity contribution in [2.45, 2.75) is 26.1 Å². The molecule has 2 N–H and O–H groups in total. The molecule has 0 aliphatic rings. The molecule has 128 valence electrons. The van der Waals surface area contributed by atoms with Gasteiger partial charge in [-0.2, -0.15) is 0 Å². The summed E-state index contributed by atoms with van der Waals surface area (Å²) >= 11 is 0. The minimum atomic E-state index is -0.275. The molecule has 2 aromatic carbocycles. The SMILES string of the molecule is COc1ccc(CNC(=O)[C@H](C)[NH+](C)Cc2ccccc2F)cc1. The van der Waals surface area contributed by atoms with Gasteiger partial charge in [-0.25, -0.2) is 4.39 Å². The Bertz CT molecular complexity index is 673. The molecular weight excluding hydrogens is 307 g/mol. The lowest BCUT2D eigenvalue weighted by Crippen LogP contribution is -3.12. The normalized spacial score (nSPS) is 13.2. The van der Waals surface area contributed by atoms with Gasteiger partial charge >= 0.3 is 0 Å². The van der Waals surface area contributed by atoms with Gasteiger partial charge < -0.3 is 15.0 Å². The first kappa shape index (κ1) is 17.9. The van der Waals surface area contributed by atoms with Crippen molar-refractivity contribution < 1.29 is 18.8 Å². The molecule has 5 heteroatoms. The van der Waals surface area contributed by atoms with Gasteiger partial charge in [0.05, 0.1) is 14.2 Å². The molecule has 0 fully saturated rings. The molecule has 0 bridgehead atoms. The fourth-order valence-electron chi connectivity index (χ4n) is 2.40. The van der Waals surface area contributed by atoms with E-state index in [1.807, 2.05) is 38.2 Å². The van der Waals surface area contributed by atoms with Crippen LogP contribution in [0.25, 0.3) is 0 Å². The Morgan fingerprint density at radius 1 is 1.21 bits per heavy atom. The third kappa shape index (κ3) is 4.80. The number of hydrogen-bond acceptors (Lipinski definition) is 2. The number of carbonyl (C=O) groups is 1. The van der Waals surface area contributed by atoms with Gasteiger partial charge in [0.25, 0.3) is 5.91 Å². The smallest absolute Gasteiger partial charge is 0.278 e. The highest BCUT2D eigenvalue weighted by Crippen LogP contribution is 2.10. The summed E-state index contributed by atoms with van der Waals surface area (Å²) in [7, 11) is 3.51. The summed E-state index contributed by atoms with van der Waals surface area (Å²) in [6, 6.07) is 13.9. The Kier molecular flexibility index (Phi) is 6.32. The summed E-state index contributed by atoms with van der Waals surface area (Å²) in [5, 5.41) is 2.92. The minimum absolute atomic E-state index is 0.0559. The second kappa shape index (κ2) is 8.45. The highest BCUT2D eigenvalue weighted by Gasteiger charge is 2.22. The third-order valence-electron chi connectivity index (χ3n) is 4.19. The molecule has 1 amide bonds. The molecule has 2 rings (SSSR count). The van der Waals surface area contributed by atoms with E-state index in [-0.39, 0.29) is 17.8 Å². The zero-order valence-electron chi connectivity index (χ0n) is 14.3. The number of ether oxygens (including phenoxy) is 1. The maximum Gasteiger partial charge on any atom is 0.278 e. The van der Waals surface area contributed by atoms with Gasteiger partial charge in [0, 0.05) is 12.1 Å². The second-order valence-electron chi connectivity index (χ2n) is 5.90. The molecule has 2 aromatic rings. The van der Waals surface area contributed by atoms with Crippen LogP contribution in [0.2, 0.25) is 0 Å². The van der Waals surface area contributed by atoms with E-state index < -0.39 is 0 Å². The zero-order chi connectivity index (χ0) is 17.5. The standard InChI is InChI=1S/C19H23FN2O2/c1-14(22(2)13-16-6-4-5-7-18(16)20)19(23)21-12-15-8-10-17(24-3)11-9-15/h4-11,14H,12-13H2,1-3H3,(H,21,23)/p+1/t14-/m0/s1. The zero-order valence-corrected chi connectivity index (χ0v) is 14.3. The Morgan fingerprint density at radius 3 is 2.50 bits per heavy atom. The predicted molar refractivity (Wildman–Crippen MR) is 91.3 cm³/mol. The van der Waals surface area contributed by atoms with Crippen molar-refractivity contribution in [2.75, 3.05) is 14.2 Å². The summed E-state index contributed by atoms with van der Waals surface area (Å²) in [5.74, 6) is 0.495. The molecule has 1 unspecified atom stereocenters. The van der Waals surface area contributed by atoms with Crippen molar-refractivity contribution in [3.63, 3.8) is 0 Å². The maximum atomic E-state index is 13.7. The van der Waals surface area contributed by atoms with E-state index in [1.165, 1.54) is 6.07 Å². The number of nitrogens with one attached hydrogen (secondary N) is 2. The van der Waals surface area contributed by atoms with Gasteiger partial charge in [-0.15, -0.1) is 0 Å². The van der Waals surface area contributed by atoms with E-state index in [9.17, 15) is 9.18 Å². The van der Waals surface area contributed by atoms with Crippen LogP contribution in [0.15, 0.2) is 48.5 Å². The van der Waals surface area contributed by atoms with E-state index in [2.05, 4.69) is 5.32 Å². The van der Waals surface area contributed by atoms with Gasteiger partial charge in [0.15, 0.2) is 6.04 Å². The highest BCUT2D eigenvalue weighted by molar-refractivity contribution is 5.79. The van der Waals surface area contributed by atoms with Crippen LogP contribution >= 0.6 is 0 Å². The first-order valence-electron chi connectivity index (χ1n) is 7.97. The number of rotatable bonds is 7. The lowest BCUT2D eigenvalue weighted by atomic mass is 10.1. The Balaban J connectivity index is 1.87. The Morgan fingerprint density at radius 2 is 1.88 bits per heavy atom.